The van der Waals surface area contributed by atoms with E-state index in [9.17, 15) is 4.79 Å². The van der Waals surface area contributed by atoms with Crippen LogP contribution in [0.2, 0.25) is 0 Å². The van der Waals surface area contributed by atoms with E-state index in [1.54, 1.807) is 6.08 Å². The molecule has 0 spiro atoms. The molecule has 1 aliphatic heterocycles. The Kier molecular flexibility index (Phi) is 7.94. The Labute approximate surface area is 98.3 Å². The third kappa shape index (κ3) is 6.06. The van der Waals surface area contributed by atoms with Gasteiger partial charge in [-0.05, 0) is 26.3 Å². The van der Waals surface area contributed by atoms with Gasteiger partial charge in [0.1, 0.15) is 0 Å². The molecule has 0 unspecified atom stereocenters. The maximum Gasteiger partial charge on any atom is 0.243 e. The number of rotatable bonds is 3. The van der Waals surface area contributed by atoms with Crippen LogP contribution in [-0.4, -0.2) is 12.5 Å². The molecule has 0 aromatic rings. The lowest BCUT2D eigenvalue weighted by molar-refractivity contribution is -0.119. The summed E-state index contributed by atoms with van der Waals surface area (Å²) in [4.78, 5) is 10.7. The zero-order valence-electron chi connectivity index (χ0n) is 10.5. The summed E-state index contributed by atoms with van der Waals surface area (Å²) in [5.74, 6) is -0.0134. The lowest BCUT2D eigenvalue weighted by Crippen LogP contribution is -2.39. The lowest BCUT2D eigenvalue weighted by atomic mass is 10.3. The standard InChI is InChI=1S/C7H10N2O.C6H12/c1-3-6-5(2)8-4-7(10)9-6;1-3-5-6-4-2/h3,8H,1,4H2,2H3,(H,9,10);3,5H,4,6H2,1-2H3/b;5-3-. The zero-order valence-corrected chi connectivity index (χ0v) is 10.5. The van der Waals surface area contributed by atoms with Crippen LogP contribution in [0.1, 0.15) is 33.6 Å². The smallest absolute Gasteiger partial charge is 0.243 e. The number of allylic oxidation sites excluding steroid dienone is 4. The Hall–Kier alpha value is -1.51. The monoisotopic (exact) mass is 222 g/mol. The maximum absolute atomic E-state index is 10.7. The Morgan fingerprint density at radius 2 is 2.19 bits per heavy atom. The predicted molar refractivity (Wildman–Crippen MR) is 68.8 cm³/mol. The summed E-state index contributed by atoms with van der Waals surface area (Å²) in [7, 11) is 0. The molecular formula is C13H22N2O. The first-order chi connectivity index (χ1) is 7.65. The summed E-state index contributed by atoms with van der Waals surface area (Å²) in [6.07, 6.45) is 8.39. The van der Waals surface area contributed by atoms with Crippen molar-refractivity contribution in [3.63, 3.8) is 0 Å². The molecule has 3 nitrogen and oxygen atoms in total. The lowest BCUT2D eigenvalue weighted by Gasteiger charge is -2.17. The molecule has 0 atom stereocenters. The zero-order chi connectivity index (χ0) is 12.4. The van der Waals surface area contributed by atoms with Crippen LogP contribution in [0.15, 0.2) is 36.2 Å². The minimum atomic E-state index is -0.0134. The highest BCUT2D eigenvalue weighted by molar-refractivity contribution is 5.81. The maximum atomic E-state index is 10.7. The van der Waals surface area contributed by atoms with Gasteiger partial charge in [0.15, 0.2) is 0 Å². The van der Waals surface area contributed by atoms with Crippen LogP contribution in [0, 0.1) is 0 Å². The number of amides is 1. The minimum absolute atomic E-state index is 0.0134. The van der Waals surface area contributed by atoms with E-state index in [1.807, 2.05) is 6.92 Å². The number of carbonyl (C=O) groups excluding carboxylic acids is 1. The van der Waals surface area contributed by atoms with Gasteiger partial charge in [-0.25, -0.2) is 0 Å². The number of unbranched alkanes of at least 4 members (excludes halogenated alkanes) is 1. The molecule has 0 saturated carbocycles. The van der Waals surface area contributed by atoms with Gasteiger partial charge in [0, 0.05) is 5.70 Å². The van der Waals surface area contributed by atoms with Crippen molar-refractivity contribution in [1.82, 2.24) is 10.6 Å². The van der Waals surface area contributed by atoms with Crippen molar-refractivity contribution in [2.75, 3.05) is 6.54 Å². The van der Waals surface area contributed by atoms with Gasteiger partial charge in [0.25, 0.3) is 0 Å². The molecule has 1 rings (SSSR count). The second-order valence-corrected chi connectivity index (χ2v) is 3.50. The summed E-state index contributed by atoms with van der Waals surface area (Å²) in [6, 6.07) is 0. The Morgan fingerprint density at radius 3 is 2.56 bits per heavy atom. The molecular weight excluding hydrogens is 200 g/mol. The van der Waals surface area contributed by atoms with Crippen molar-refractivity contribution in [2.45, 2.75) is 33.6 Å². The molecule has 90 valence electrons. The molecule has 0 aliphatic carbocycles. The van der Waals surface area contributed by atoms with Crippen molar-refractivity contribution >= 4 is 5.91 Å². The van der Waals surface area contributed by atoms with Crippen LogP contribution in [0.5, 0.6) is 0 Å². The van der Waals surface area contributed by atoms with E-state index in [0.29, 0.717) is 6.54 Å². The third-order valence-corrected chi connectivity index (χ3v) is 2.09. The van der Waals surface area contributed by atoms with E-state index in [-0.39, 0.29) is 5.91 Å². The summed E-state index contributed by atoms with van der Waals surface area (Å²) in [5.41, 5.74) is 1.74. The fourth-order valence-corrected chi connectivity index (χ4v) is 1.13. The summed E-state index contributed by atoms with van der Waals surface area (Å²) in [5, 5.41) is 5.60. The minimum Gasteiger partial charge on any atom is -0.378 e. The summed E-state index contributed by atoms with van der Waals surface area (Å²) < 4.78 is 0. The first-order valence-electron chi connectivity index (χ1n) is 5.63. The average molecular weight is 222 g/mol. The SMILES string of the molecule is C/C=C\CCC.C=CC1=C(C)NCC(=O)N1. The first kappa shape index (κ1) is 14.5. The topological polar surface area (TPSA) is 41.1 Å². The number of nitrogens with one attached hydrogen (secondary N) is 2. The van der Waals surface area contributed by atoms with Crippen molar-refractivity contribution in [2.24, 2.45) is 0 Å². The van der Waals surface area contributed by atoms with Crippen molar-refractivity contribution < 1.29 is 4.79 Å². The number of hydrogen-bond donors (Lipinski definition) is 2. The van der Waals surface area contributed by atoms with E-state index in [4.69, 9.17) is 0 Å². The van der Waals surface area contributed by atoms with E-state index >= 15 is 0 Å². The van der Waals surface area contributed by atoms with Gasteiger partial charge in [-0.2, -0.15) is 0 Å². The largest absolute Gasteiger partial charge is 0.378 e. The van der Waals surface area contributed by atoms with Crippen LogP contribution in [-0.2, 0) is 4.79 Å². The van der Waals surface area contributed by atoms with Crippen LogP contribution < -0.4 is 10.6 Å². The molecule has 16 heavy (non-hydrogen) atoms. The molecule has 2 N–H and O–H groups in total. The van der Waals surface area contributed by atoms with E-state index in [0.717, 1.165) is 11.4 Å². The normalized spacial score (nSPS) is 15.1. The number of hydrogen-bond acceptors (Lipinski definition) is 2. The third-order valence-electron chi connectivity index (χ3n) is 2.09. The molecule has 0 saturated heterocycles. The van der Waals surface area contributed by atoms with Crippen LogP contribution >= 0.6 is 0 Å². The Bertz CT molecular complexity index is 290. The fraction of sp³-hybridized carbons (Fsp3) is 0.462. The molecule has 1 amide bonds. The van der Waals surface area contributed by atoms with Crippen LogP contribution in [0.3, 0.4) is 0 Å². The second-order valence-electron chi connectivity index (χ2n) is 3.50. The van der Waals surface area contributed by atoms with E-state index < -0.39 is 0 Å². The highest BCUT2D eigenvalue weighted by Crippen LogP contribution is 2.01. The van der Waals surface area contributed by atoms with Crippen LogP contribution in [0.4, 0.5) is 0 Å². The van der Waals surface area contributed by atoms with Gasteiger partial charge in [-0.15, -0.1) is 0 Å². The van der Waals surface area contributed by atoms with Gasteiger partial charge >= 0.3 is 0 Å². The summed E-state index contributed by atoms with van der Waals surface area (Å²) in [6.45, 7) is 10.1. The molecule has 0 aromatic carbocycles. The molecule has 1 aliphatic rings. The highest BCUT2D eigenvalue weighted by Gasteiger charge is 2.10. The molecule has 0 radical (unpaired) electrons. The molecule has 3 heteroatoms. The number of carbonyl (C=O) groups is 1. The molecule has 1 heterocycles. The van der Waals surface area contributed by atoms with E-state index in [2.05, 4.69) is 43.2 Å². The summed E-state index contributed by atoms with van der Waals surface area (Å²) >= 11 is 0. The van der Waals surface area contributed by atoms with Gasteiger partial charge < -0.3 is 10.6 Å². The van der Waals surface area contributed by atoms with Crippen molar-refractivity contribution in [1.29, 1.82) is 0 Å². The highest BCUT2D eigenvalue weighted by atomic mass is 16.2. The van der Waals surface area contributed by atoms with Crippen molar-refractivity contribution in [3.8, 4) is 0 Å². The molecule has 0 bridgehead atoms. The second kappa shape index (κ2) is 8.77. The van der Waals surface area contributed by atoms with Crippen LogP contribution in [0.25, 0.3) is 0 Å². The first-order valence-corrected chi connectivity index (χ1v) is 5.63. The Balaban J connectivity index is 0.000000325. The fourth-order valence-electron chi connectivity index (χ4n) is 1.13. The Morgan fingerprint density at radius 1 is 1.50 bits per heavy atom. The average Bonchev–Trinajstić information content (AvgIpc) is 2.30. The van der Waals surface area contributed by atoms with Gasteiger partial charge in [-0.1, -0.05) is 32.1 Å². The quantitative estimate of drug-likeness (QED) is 0.720. The predicted octanol–water partition coefficient (Wildman–Crippen LogP) is 2.49. The van der Waals surface area contributed by atoms with E-state index in [1.165, 1.54) is 12.8 Å². The van der Waals surface area contributed by atoms with Gasteiger partial charge in [0.2, 0.25) is 5.91 Å². The van der Waals surface area contributed by atoms with Gasteiger partial charge in [0.05, 0.1) is 12.2 Å². The molecule has 0 aromatic heterocycles. The van der Waals surface area contributed by atoms with Crippen molar-refractivity contribution in [3.05, 3.63) is 36.2 Å². The molecule has 0 fully saturated rings. The van der Waals surface area contributed by atoms with Gasteiger partial charge in [-0.3, -0.25) is 4.79 Å².